The molecule has 4 heteroatoms. The third-order valence-corrected chi connectivity index (χ3v) is 13.2. The number of pyridine rings is 1. The monoisotopic (exact) mass is 815 g/mol. The summed E-state index contributed by atoms with van der Waals surface area (Å²) in [6.45, 7) is 0. The van der Waals surface area contributed by atoms with Crippen molar-refractivity contribution in [2.75, 3.05) is 0 Å². The van der Waals surface area contributed by atoms with Crippen LogP contribution < -0.4 is 4.74 Å². The van der Waals surface area contributed by atoms with Gasteiger partial charge in [0.25, 0.3) is 0 Å². The number of benzene rings is 9. The molecule has 2 aliphatic rings. The Bertz CT molecular complexity index is 3580. The topological polar surface area (TPSA) is 47.9 Å². The fraction of sp³-hybridized carbons (Fsp3) is 0.0167. The summed E-state index contributed by atoms with van der Waals surface area (Å²) in [4.78, 5) is 15.9. The van der Waals surface area contributed by atoms with E-state index in [9.17, 15) is 0 Å². The quantitative estimate of drug-likeness (QED) is 0.162. The summed E-state index contributed by atoms with van der Waals surface area (Å²) in [6.07, 6.45) is 0. The zero-order valence-corrected chi connectivity index (χ0v) is 34.6. The molecule has 9 aromatic carbocycles. The van der Waals surface area contributed by atoms with Gasteiger partial charge in [-0.3, -0.25) is 0 Å². The maximum absolute atomic E-state index is 7.24. The molecule has 0 amide bonds. The first kappa shape index (κ1) is 36.2. The van der Waals surface area contributed by atoms with Crippen molar-refractivity contribution in [2.24, 2.45) is 0 Å². The third kappa shape index (κ3) is 5.46. The van der Waals surface area contributed by atoms with E-state index in [2.05, 4.69) is 200 Å². The van der Waals surface area contributed by atoms with Crippen molar-refractivity contribution in [3.05, 3.63) is 247 Å². The standard InChI is InChI=1S/C60H37N3O/c1-4-16-38(17-5-1)39-28-30-40(31-29-39)52-37-53(63-59(62-52)42-20-8-3-9-21-42)43-32-33-46-54(36-43)61-57(41-18-6-2-7-19-41)47-34-35-51-58(56(46)47)64-55-27-15-14-26-50(55)60(51)48-24-12-10-22-44(48)45-23-11-13-25-49(45)60/h1-37H. The Balaban J connectivity index is 1.06. The lowest BCUT2D eigenvalue weighted by molar-refractivity contribution is 0.442. The Hall–Kier alpha value is -8.47. The molecule has 13 rings (SSSR count). The fourth-order valence-corrected chi connectivity index (χ4v) is 10.3. The predicted molar refractivity (Wildman–Crippen MR) is 259 cm³/mol. The van der Waals surface area contributed by atoms with Gasteiger partial charge in [0.15, 0.2) is 5.82 Å². The second-order valence-electron chi connectivity index (χ2n) is 16.6. The number of fused-ring (bicyclic) bond motifs is 13. The van der Waals surface area contributed by atoms with Crippen molar-refractivity contribution in [2.45, 2.75) is 5.41 Å². The van der Waals surface area contributed by atoms with Crippen molar-refractivity contribution in [1.29, 1.82) is 0 Å². The van der Waals surface area contributed by atoms with Gasteiger partial charge >= 0.3 is 0 Å². The summed E-state index contributed by atoms with van der Waals surface area (Å²) >= 11 is 0. The zero-order valence-electron chi connectivity index (χ0n) is 34.6. The molecule has 0 fully saturated rings. The zero-order chi connectivity index (χ0) is 42.2. The minimum absolute atomic E-state index is 0.585. The van der Waals surface area contributed by atoms with E-state index in [1.54, 1.807) is 0 Å². The van der Waals surface area contributed by atoms with E-state index < -0.39 is 5.41 Å². The van der Waals surface area contributed by atoms with Gasteiger partial charge < -0.3 is 4.74 Å². The van der Waals surface area contributed by atoms with Crippen LogP contribution in [0.4, 0.5) is 0 Å². The second kappa shape index (κ2) is 14.3. The summed E-state index contributed by atoms with van der Waals surface area (Å²) in [5.74, 6) is 2.38. The minimum Gasteiger partial charge on any atom is -0.456 e. The van der Waals surface area contributed by atoms with Crippen LogP contribution in [0.2, 0.25) is 0 Å². The molecule has 0 saturated heterocycles. The van der Waals surface area contributed by atoms with Gasteiger partial charge in [0.2, 0.25) is 0 Å². The average molecular weight is 816 g/mol. The maximum atomic E-state index is 7.24. The van der Waals surface area contributed by atoms with Crippen LogP contribution in [-0.4, -0.2) is 15.0 Å². The maximum Gasteiger partial charge on any atom is 0.160 e. The lowest BCUT2D eigenvalue weighted by Gasteiger charge is -2.40. The first-order chi connectivity index (χ1) is 31.7. The van der Waals surface area contributed by atoms with Gasteiger partial charge in [-0.05, 0) is 51.6 Å². The number of hydrogen-bond acceptors (Lipinski definition) is 4. The van der Waals surface area contributed by atoms with Crippen LogP contribution in [-0.2, 0) is 5.41 Å². The summed E-state index contributed by atoms with van der Waals surface area (Å²) in [6, 6.07) is 79.4. The normalized spacial score (nSPS) is 12.9. The van der Waals surface area contributed by atoms with E-state index in [0.29, 0.717) is 5.82 Å². The first-order valence-electron chi connectivity index (χ1n) is 21.8. The summed E-state index contributed by atoms with van der Waals surface area (Å²) in [5.41, 5.74) is 16.4. The fourth-order valence-electron chi connectivity index (χ4n) is 10.3. The Morgan fingerprint density at radius 3 is 1.55 bits per heavy atom. The molecule has 0 bridgehead atoms. The van der Waals surface area contributed by atoms with Crippen LogP contribution >= 0.6 is 0 Å². The average Bonchev–Trinajstić information content (AvgIpc) is 3.67. The van der Waals surface area contributed by atoms with Crippen LogP contribution in [0, 0.1) is 0 Å². The molecule has 1 aliphatic carbocycles. The second-order valence-corrected chi connectivity index (χ2v) is 16.6. The van der Waals surface area contributed by atoms with E-state index in [0.717, 1.165) is 89.2 Å². The van der Waals surface area contributed by atoms with Gasteiger partial charge in [-0.1, -0.05) is 206 Å². The van der Waals surface area contributed by atoms with Crippen LogP contribution in [0.1, 0.15) is 22.3 Å². The van der Waals surface area contributed by atoms with E-state index in [1.165, 1.54) is 27.8 Å². The Morgan fingerprint density at radius 2 is 0.859 bits per heavy atom. The third-order valence-electron chi connectivity index (χ3n) is 13.2. The lowest BCUT2D eigenvalue weighted by Crippen LogP contribution is -2.32. The highest BCUT2D eigenvalue weighted by Crippen LogP contribution is 2.63. The highest BCUT2D eigenvalue weighted by atomic mass is 16.5. The van der Waals surface area contributed by atoms with Crippen molar-refractivity contribution < 1.29 is 4.74 Å². The largest absolute Gasteiger partial charge is 0.456 e. The number of para-hydroxylation sites is 1. The van der Waals surface area contributed by atoms with Gasteiger partial charge in [-0.15, -0.1) is 0 Å². The minimum atomic E-state index is -0.585. The van der Waals surface area contributed by atoms with Crippen LogP contribution in [0.15, 0.2) is 224 Å². The Morgan fingerprint density at radius 1 is 0.344 bits per heavy atom. The number of hydrogen-bond donors (Lipinski definition) is 0. The molecule has 0 N–H and O–H groups in total. The molecule has 1 aliphatic heterocycles. The lowest BCUT2D eigenvalue weighted by atomic mass is 9.65. The molecule has 64 heavy (non-hydrogen) atoms. The van der Waals surface area contributed by atoms with E-state index >= 15 is 0 Å². The molecule has 0 unspecified atom stereocenters. The number of rotatable bonds is 5. The van der Waals surface area contributed by atoms with Gasteiger partial charge in [-0.25, -0.2) is 15.0 Å². The molecular weight excluding hydrogens is 779 g/mol. The van der Waals surface area contributed by atoms with Crippen LogP contribution in [0.5, 0.6) is 11.5 Å². The van der Waals surface area contributed by atoms with E-state index in [-0.39, 0.29) is 0 Å². The summed E-state index contributed by atoms with van der Waals surface area (Å²) in [7, 11) is 0. The molecule has 3 heterocycles. The molecule has 11 aromatic rings. The summed E-state index contributed by atoms with van der Waals surface area (Å²) in [5, 5.41) is 3.09. The van der Waals surface area contributed by atoms with Crippen molar-refractivity contribution >= 4 is 21.7 Å². The van der Waals surface area contributed by atoms with Crippen molar-refractivity contribution in [1.82, 2.24) is 15.0 Å². The SMILES string of the molecule is c1ccc(-c2ccc(-c3cc(-c4ccc5c(c4)nc(-c4ccccc4)c4ccc6c(c45)Oc4ccccc4C64c5ccccc5-c5ccccc54)nc(-c4ccccc4)n3)cc2)cc1. The number of aromatic nitrogens is 3. The van der Waals surface area contributed by atoms with Gasteiger partial charge in [-0.2, -0.15) is 0 Å². The molecule has 2 aromatic heterocycles. The van der Waals surface area contributed by atoms with Crippen LogP contribution in [0.25, 0.3) is 89.1 Å². The smallest absolute Gasteiger partial charge is 0.160 e. The molecule has 0 saturated carbocycles. The Kier molecular flexibility index (Phi) is 8.09. The summed E-state index contributed by atoms with van der Waals surface area (Å²) < 4.78 is 7.24. The highest BCUT2D eigenvalue weighted by Gasteiger charge is 2.51. The highest BCUT2D eigenvalue weighted by molar-refractivity contribution is 6.15. The molecular formula is C60H37N3O. The predicted octanol–water partition coefficient (Wildman–Crippen LogP) is 15.0. The molecule has 298 valence electrons. The van der Waals surface area contributed by atoms with Gasteiger partial charge in [0, 0.05) is 49.5 Å². The van der Waals surface area contributed by atoms with Crippen molar-refractivity contribution in [3.8, 4) is 78.9 Å². The van der Waals surface area contributed by atoms with Gasteiger partial charge in [0.1, 0.15) is 11.5 Å². The first-order valence-corrected chi connectivity index (χ1v) is 21.8. The number of ether oxygens (including phenoxy) is 1. The van der Waals surface area contributed by atoms with Crippen LogP contribution in [0.3, 0.4) is 0 Å². The van der Waals surface area contributed by atoms with Gasteiger partial charge in [0.05, 0.1) is 28.0 Å². The van der Waals surface area contributed by atoms with E-state index in [4.69, 9.17) is 19.7 Å². The number of nitrogens with zero attached hydrogens (tertiary/aromatic N) is 3. The molecule has 1 spiro atoms. The van der Waals surface area contributed by atoms with Crippen molar-refractivity contribution in [3.63, 3.8) is 0 Å². The molecule has 0 atom stereocenters. The molecule has 4 nitrogen and oxygen atoms in total. The van der Waals surface area contributed by atoms with E-state index in [1.807, 2.05) is 24.3 Å². The Labute approximate surface area is 370 Å². The molecule has 0 radical (unpaired) electrons.